The minimum Gasteiger partial charge on any atom is -0.464 e. The smallest absolute Gasteiger partial charge is 0.464 e. The molecule has 12 aromatic rings. The number of pyridine rings is 12. The average molecular weight is 2070 g/mol. The predicted molar refractivity (Wildman–Crippen MR) is 526 cm³/mol. The number of nitrogens with two attached hydrogens (primary N) is 2. The average Bonchev–Trinajstić information content (AvgIpc) is 0.846. The predicted octanol–water partition coefficient (Wildman–Crippen LogP) is 8.23. The zero-order valence-electron chi connectivity index (χ0n) is 78.9. The van der Waals surface area contributed by atoms with Gasteiger partial charge in [0.2, 0.25) is 11.9 Å². The van der Waals surface area contributed by atoms with Crippen molar-refractivity contribution in [3.63, 3.8) is 0 Å². The summed E-state index contributed by atoms with van der Waals surface area (Å²) in [7, 11) is 2.67. The van der Waals surface area contributed by atoms with Crippen molar-refractivity contribution in [2.24, 2.45) is 16.6 Å². The Kier molecular flexibility index (Phi) is 57.8. The van der Waals surface area contributed by atoms with E-state index in [0.29, 0.717) is 167 Å². The molecule has 0 aliphatic heterocycles. The van der Waals surface area contributed by atoms with Crippen LogP contribution in [0.4, 0.5) is 32.1 Å². The second kappa shape index (κ2) is 69.8. The Morgan fingerprint density at radius 1 is 0.385 bits per heavy atom. The van der Waals surface area contributed by atoms with E-state index in [1.165, 1.54) is 91.5 Å². The number of carbonyl (C=O) groups excluding carboxylic acids is 6. The standard InChI is InChI=1S/C17H21N3O6S.C16H18N6O3.C16H20N4O3.C16H19N3O4.C12H9FN2O2.C7H8BNO4.C5H3BrFN.C4H11NO2/c1-24-17(21)15-5-3-4-14(20-15)13-6-7-18-16(12-13)19-8-9-25-10-11-26-27(2,22)23;1-24-16(23)14-4-2-3-13(21-14)12-5-6-18-15(11-12)19-7-9-25-10-8-20-22-17;1-22-16(21)14-4-2-3-13(20-14)12-5-7-18-15(11-12)19-8-10-23-9-6-17;1-22-16(21)14-4-2-3-13(19-14)12-5-6-17-15(11-12)18-7-9-23-10-8-20;1-17-12(16)10-4-2-3-9(15-10)8-5-6-14-11(13)7-8;1-13-7(10)5-3-2-4-6(9-5)8(11)12;6-4-1-2-8-5(7)3-4;5-1-3-7-4-2-6/h3-7,12H,8-11H2,1-2H3,(H,18,19);2-6,11H,7-10H2,1H3,(H,18,19);2-5,7,11H,6,8-10,17H2,1H3,(H,18,19);2-6,11,20H,7-10H2,1H3,(H,17,18);2-7H,1H3;2-4,11-12H,1H3;1-3H;6H,1-5H2. The van der Waals surface area contributed by atoms with E-state index < -0.39 is 64.9 Å². The molecule has 0 saturated heterocycles. The normalized spacial score (nSPS) is 10.2. The Balaban J connectivity index is 0.000000296. The molecule has 143 heavy (non-hydrogen) atoms. The molecule has 0 amide bonds. The molecule has 45 nitrogen and oxygen atoms in total. The monoisotopic (exact) mass is 2060 g/mol. The van der Waals surface area contributed by atoms with E-state index in [9.17, 15) is 46.0 Å². The van der Waals surface area contributed by atoms with Gasteiger partial charge in [-0.2, -0.15) is 17.2 Å². The quantitative estimate of drug-likeness (QED) is 0.00198. The summed E-state index contributed by atoms with van der Waals surface area (Å²) in [5.41, 5.74) is 26.8. The SMILES string of the molecule is COC(=O)c1cccc(-c2ccnc(F)c2)n1.COC(=O)c1cccc(-c2ccnc(NCCOCCN)c2)n1.COC(=O)c1cccc(-c2ccnc(NCCOCCN=[N+]=[N-])c2)n1.COC(=O)c1cccc(-c2ccnc(NCCOCCO)c2)n1.COC(=O)c1cccc(-c2ccnc(NCCOCCOS(C)(=O)=O)c2)n1.COC(=O)c1cccc(B(O)O)n1.Fc1cc(Br)ccn1.NCCOCCO. The Labute approximate surface area is 830 Å². The summed E-state index contributed by atoms with van der Waals surface area (Å²) in [5, 5.41) is 50.1. The lowest BCUT2D eigenvalue weighted by Gasteiger charge is -2.08. The lowest BCUT2D eigenvalue weighted by Crippen LogP contribution is -2.33. The van der Waals surface area contributed by atoms with E-state index >= 15 is 0 Å². The van der Waals surface area contributed by atoms with Crippen LogP contribution in [0.2, 0.25) is 0 Å². The van der Waals surface area contributed by atoms with Crippen molar-refractivity contribution in [3.8, 4) is 56.3 Å². The first-order valence-corrected chi connectivity index (χ1v) is 45.5. The molecule has 0 saturated carbocycles. The van der Waals surface area contributed by atoms with Gasteiger partial charge in [0.1, 0.15) is 57.4 Å². The van der Waals surface area contributed by atoms with Crippen molar-refractivity contribution >= 4 is 97.8 Å². The van der Waals surface area contributed by atoms with Crippen LogP contribution in [-0.4, -0.2) is 312 Å². The van der Waals surface area contributed by atoms with Crippen LogP contribution in [0.3, 0.4) is 0 Å². The van der Waals surface area contributed by atoms with E-state index in [2.05, 4.69) is 140 Å². The highest BCUT2D eigenvalue weighted by molar-refractivity contribution is 9.10. The van der Waals surface area contributed by atoms with Gasteiger partial charge in [-0.1, -0.05) is 57.4 Å². The number of nitrogens with zero attached hydrogens (tertiary/aromatic N) is 15. The zero-order valence-corrected chi connectivity index (χ0v) is 81.3. The first-order chi connectivity index (χ1) is 69.2. The number of aliphatic hydroxyl groups excluding tert-OH is 2. The zero-order chi connectivity index (χ0) is 104. The van der Waals surface area contributed by atoms with Gasteiger partial charge in [0.15, 0.2) is 0 Å². The van der Waals surface area contributed by atoms with E-state index in [1.807, 2.05) is 54.6 Å². The number of esters is 6. The minimum absolute atomic E-state index is 0.00986. The van der Waals surface area contributed by atoms with Crippen LogP contribution in [-0.2, 0) is 66.4 Å². The van der Waals surface area contributed by atoms with Crippen molar-refractivity contribution in [1.82, 2.24) is 59.8 Å². The Morgan fingerprint density at radius 3 is 0.944 bits per heavy atom. The van der Waals surface area contributed by atoms with Gasteiger partial charge in [-0.25, -0.2) is 88.6 Å². The van der Waals surface area contributed by atoms with Gasteiger partial charge in [0.05, 0.1) is 169 Å². The second-order valence-corrected chi connectivity index (χ2v) is 30.0. The van der Waals surface area contributed by atoms with E-state index in [4.69, 9.17) is 60.9 Å². The number of anilines is 4. The molecular formula is C93H109BBrF2N21O24S. The highest BCUT2D eigenvalue weighted by Gasteiger charge is 2.19. The van der Waals surface area contributed by atoms with Crippen molar-refractivity contribution in [2.75, 3.05) is 202 Å². The number of methoxy groups -OCH3 is 6. The van der Waals surface area contributed by atoms with Gasteiger partial charge in [-0.15, -0.1) is 0 Å². The fourth-order valence-corrected chi connectivity index (χ4v) is 11.5. The first kappa shape index (κ1) is 118. The molecule has 12 heterocycles. The molecule has 760 valence electrons. The third-order valence-corrected chi connectivity index (χ3v) is 18.3. The Morgan fingerprint density at radius 2 is 0.664 bits per heavy atom. The second-order valence-electron chi connectivity index (χ2n) is 27.5. The van der Waals surface area contributed by atoms with Crippen LogP contribution in [0.1, 0.15) is 62.9 Å². The maximum Gasteiger partial charge on any atom is 0.508 e. The fraction of sp³-hybridized carbons (Fsp3) is 0.290. The van der Waals surface area contributed by atoms with Crippen LogP contribution in [0.25, 0.3) is 66.7 Å². The number of hydrogen-bond donors (Lipinski definition) is 10. The number of carbonyl (C=O) groups is 6. The van der Waals surface area contributed by atoms with E-state index in [-0.39, 0.29) is 66.2 Å². The van der Waals surface area contributed by atoms with Gasteiger partial charge >= 0.3 is 42.9 Å². The molecule has 0 spiro atoms. The highest BCUT2D eigenvalue weighted by Crippen LogP contribution is 2.25. The fourth-order valence-electron chi connectivity index (χ4n) is 10.8. The molecule has 0 bridgehead atoms. The topological polar surface area (TPSA) is 632 Å². The number of halogens is 3. The van der Waals surface area contributed by atoms with Gasteiger partial charge in [0.25, 0.3) is 10.1 Å². The maximum atomic E-state index is 12.9. The van der Waals surface area contributed by atoms with E-state index in [1.54, 1.807) is 116 Å². The number of ether oxygens (including phenoxy) is 11. The molecule has 0 atom stereocenters. The maximum absolute atomic E-state index is 12.9. The molecule has 0 aliphatic rings. The van der Waals surface area contributed by atoms with Crippen molar-refractivity contribution in [1.29, 1.82) is 0 Å². The largest absolute Gasteiger partial charge is 0.508 e. The number of rotatable bonds is 43. The highest BCUT2D eigenvalue weighted by atomic mass is 79.9. The number of hydrogen-bond acceptors (Lipinski definition) is 43. The number of aliphatic hydroxyl groups is 2. The van der Waals surface area contributed by atoms with Crippen LogP contribution >= 0.6 is 15.9 Å². The molecule has 0 aliphatic carbocycles. The van der Waals surface area contributed by atoms with Gasteiger partial charge in [0, 0.05) is 132 Å². The summed E-state index contributed by atoms with van der Waals surface area (Å²) in [6.45, 7) is 7.87. The molecule has 0 radical (unpaired) electrons. The van der Waals surface area contributed by atoms with Crippen LogP contribution < -0.4 is 38.3 Å². The Hall–Kier alpha value is -15.0. The minimum atomic E-state index is -3.44. The first-order valence-electron chi connectivity index (χ1n) is 42.9. The summed E-state index contributed by atoms with van der Waals surface area (Å²) >= 11 is 3.08. The van der Waals surface area contributed by atoms with Crippen LogP contribution in [0, 0.1) is 11.9 Å². The number of nitrogens with one attached hydrogen (secondary N) is 4. The van der Waals surface area contributed by atoms with Gasteiger partial charge < -0.3 is 105 Å². The molecule has 50 heteroatoms. The molecule has 12 aromatic heterocycles. The summed E-state index contributed by atoms with van der Waals surface area (Å²) in [6, 6.07) is 50.3. The molecule has 12 rings (SSSR count). The van der Waals surface area contributed by atoms with Crippen LogP contribution in [0.5, 0.6) is 0 Å². The van der Waals surface area contributed by atoms with Crippen molar-refractivity contribution < 1.29 is 123 Å². The molecule has 0 aromatic carbocycles. The lowest BCUT2D eigenvalue weighted by molar-refractivity contribution is 0.0585. The summed E-state index contributed by atoms with van der Waals surface area (Å²) < 4.78 is 105. The van der Waals surface area contributed by atoms with Crippen molar-refractivity contribution in [2.45, 2.75) is 0 Å². The lowest BCUT2D eigenvalue weighted by atomic mass is 9.85. The number of aromatic nitrogens is 12. The molecular weight excluding hydrogens is 1960 g/mol. The van der Waals surface area contributed by atoms with E-state index in [0.717, 1.165) is 28.5 Å². The molecule has 12 N–H and O–H groups in total. The third-order valence-electron chi connectivity index (χ3n) is 17.2. The van der Waals surface area contributed by atoms with Gasteiger partial charge in [-0.05, 0) is 139 Å². The van der Waals surface area contributed by atoms with Gasteiger partial charge in [-0.3, -0.25) is 4.18 Å². The van der Waals surface area contributed by atoms with Crippen LogP contribution in [0.15, 0.2) is 229 Å². The number of azide groups is 1. The Bertz CT molecular complexity index is 5920. The molecule has 0 unspecified atom stereocenters. The summed E-state index contributed by atoms with van der Waals surface area (Å²) in [6.07, 6.45) is 10.4. The third kappa shape index (κ3) is 48.2. The molecule has 0 fully saturated rings. The summed E-state index contributed by atoms with van der Waals surface area (Å²) in [4.78, 5) is 120. The summed E-state index contributed by atoms with van der Waals surface area (Å²) in [5.74, 6) is -1.42. The van der Waals surface area contributed by atoms with Crippen molar-refractivity contribution in [3.05, 3.63) is 280 Å².